The van der Waals surface area contributed by atoms with E-state index in [9.17, 15) is 9.59 Å². The van der Waals surface area contributed by atoms with Gasteiger partial charge in [0, 0.05) is 42.9 Å². The van der Waals surface area contributed by atoms with Gasteiger partial charge in [-0.3, -0.25) is 9.59 Å². The summed E-state index contributed by atoms with van der Waals surface area (Å²) in [7, 11) is 3.33. The Labute approximate surface area is 171 Å². The second-order valence-corrected chi connectivity index (χ2v) is 7.60. The van der Waals surface area contributed by atoms with Gasteiger partial charge in [0.05, 0.1) is 6.20 Å². The third-order valence-corrected chi connectivity index (χ3v) is 5.24. The molecule has 7 heteroatoms. The Bertz CT molecular complexity index is 1360. The molecule has 0 aliphatic rings. The van der Waals surface area contributed by atoms with E-state index in [-0.39, 0.29) is 11.1 Å². The van der Waals surface area contributed by atoms with Crippen molar-refractivity contribution in [2.45, 2.75) is 13.8 Å². The number of nitrogens with zero attached hydrogens (tertiary/aromatic N) is 2. The molecule has 0 aliphatic heterocycles. The zero-order valence-electron chi connectivity index (χ0n) is 16.5. The first-order chi connectivity index (χ1) is 13.8. The van der Waals surface area contributed by atoms with Crippen molar-refractivity contribution in [1.82, 2.24) is 14.1 Å². The molecule has 1 aromatic carbocycles. The van der Waals surface area contributed by atoms with E-state index >= 15 is 0 Å². The largest absolute Gasteiger partial charge is 0.455 e. The molecule has 6 nitrogen and oxygen atoms in total. The minimum atomic E-state index is -0.197. The minimum Gasteiger partial charge on any atom is -0.455 e. The molecule has 0 unspecified atom stereocenters. The molecule has 3 aromatic heterocycles. The van der Waals surface area contributed by atoms with Crippen LogP contribution in [0, 0.1) is 13.8 Å². The Balaban J connectivity index is 2.02. The number of aromatic nitrogens is 3. The first kappa shape index (κ1) is 19.1. The van der Waals surface area contributed by atoms with Crippen LogP contribution in [0.4, 0.5) is 0 Å². The Hall–Kier alpha value is -3.25. The number of rotatable bonds is 3. The van der Waals surface area contributed by atoms with Gasteiger partial charge in [-0.1, -0.05) is 29.8 Å². The summed E-state index contributed by atoms with van der Waals surface area (Å²) in [5.74, 6) is 1.25. The number of ether oxygens (including phenoxy) is 1. The number of nitrogens with one attached hydrogen (secondary N) is 1. The number of H-pyrrole nitrogens is 1. The third kappa shape index (κ3) is 3.25. The van der Waals surface area contributed by atoms with Crippen LogP contribution >= 0.6 is 11.6 Å². The molecule has 4 rings (SSSR count). The highest BCUT2D eigenvalue weighted by molar-refractivity contribution is 6.30. The van der Waals surface area contributed by atoms with Crippen LogP contribution in [0.25, 0.3) is 22.0 Å². The van der Waals surface area contributed by atoms with Crippen molar-refractivity contribution in [3.8, 4) is 22.6 Å². The summed E-state index contributed by atoms with van der Waals surface area (Å²) in [6.45, 7) is 3.95. The second kappa shape index (κ2) is 6.97. The van der Waals surface area contributed by atoms with E-state index in [2.05, 4.69) is 4.98 Å². The Kier molecular flexibility index (Phi) is 4.59. The number of hydrogen-bond donors (Lipinski definition) is 1. The van der Waals surface area contributed by atoms with Crippen molar-refractivity contribution < 1.29 is 4.74 Å². The van der Waals surface area contributed by atoms with Crippen LogP contribution in [0.3, 0.4) is 0 Å². The fourth-order valence-corrected chi connectivity index (χ4v) is 3.69. The number of hydrogen-bond acceptors (Lipinski definition) is 3. The summed E-state index contributed by atoms with van der Waals surface area (Å²) in [6, 6.07) is 9.12. The maximum Gasteiger partial charge on any atom is 0.274 e. The van der Waals surface area contributed by atoms with Crippen molar-refractivity contribution >= 4 is 22.5 Å². The topological polar surface area (TPSA) is 69.0 Å². The van der Waals surface area contributed by atoms with Crippen LogP contribution < -0.4 is 15.9 Å². The van der Waals surface area contributed by atoms with Crippen LogP contribution in [0.1, 0.15) is 11.1 Å². The Morgan fingerprint density at radius 1 is 0.966 bits per heavy atom. The minimum absolute atomic E-state index is 0.183. The van der Waals surface area contributed by atoms with Crippen LogP contribution in [-0.4, -0.2) is 14.1 Å². The van der Waals surface area contributed by atoms with E-state index in [1.807, 2.05) is 32.0 Å². The van der Waals surface area contributed by atoms with Crippen molar-refractivity contribution in [3.05, 3.63) is 79.7 Å². The summed E-state index contributed by atoms with van der Waals surface area (Å²) in [6.07, 6.45) is 3.36. The van der Waals surface area contributed by atoms with E-state index in [1.165, 1.54) is 15.2 Å². The molecule has 29 heavy (non-hydrogen) atoms. The van der Waals surface area contributed by atoms with E-state index in [4.69, 9.17) is 16.3 Å². The normalized spacial score (nSPS) is 11.2. The fourth-order valence-electron chi connectivity index (χ4n) is 3.48. The zero-order valence-corrected chi connectivity index (χ0v) is 17.3. The Morgan fingerprint density at radius 2 is 1.66 bits per heavy atom. The van der Waals surface area contributed by atoms with Gasteiger partial charge in [0.25, 0.3) is 11.1 Å². The maximum atomic E-state index is 12.5. The predicted octanol–water partition coefficient (Wildman–Crippen LogP) is 4.29. The highest BCUT2D eigenvalue weighted by atomic mass is 35.5. The van der Waals surface area contributed by atoms with Gasteiger partial charge in [-0.05, 0) is 31.0 Å². The molecular formula is C22H20ClN3O3. The summed E-state index contributed by atoms with van der Waals surface area (Å²) in [4.78, 5) is 27.8. The SMILES string of the molecule is Cc1cccc(C)c1Oc1cn(C)c(=O)cc1-c1cn(C)c(=O)c2[nH]c(Cl)cc12. The number of aromatic amines is 1. The molecule has 0 radical (unpaired) electrons. The number of aryl methyl sites for hydroxylation is 4. The summed E-state index contributed by atoms with van der Waals surface area (Å²) < 4.78 is 9.23. The molecule has 0 saturated carbocycles. The van der Waals surface area contributed by atoms with E-state index < -0.39 is 0 Å². The van der Waals surface area contributed by atoms with Gasteiger partial charge in [-0.15, -0.1) is 0 Å². The number of para-hydroxylation sites is 1. The quantitative estimate of drug-likeness (QED) is 0.548. The first-order valence-corrected chi connectivity index (χ1v) is 9.47. The van der Waals surface area contributed by atoms with Gasteiger partial charge in [-0.2, -0.15) is 0 Å². The average Bonchev–Trinajstić information content (AvgIpc) is 3.06. The molecule has 0 atom stereocenters. The van der Waals surface area contributed by atoms with Gasteiger partial charge < -0.3 is 18.9 Å². The van der Waals surface area contributed by atoms with Gasteiger partial charge in [0.2, 0.25) is 0 Å². The average molecular weight is 410 g/mol. The highest BCUT2D eigenvalue weighted by Crippen LogP contribution is 2.37. The first-order valence-electron chi connectivity index (χ1n) is 9.09. The summed E-state index contributed by atoms with van der Waals surface area (Å²) in [5.41, 5.74) is 3.25. The van der Waals surface area contributed by atoms with Crippen molar-refractivity contribution in [3.63, 3.8) is 0 Å². The molecule has 0 spiro atoms. The number of pyridine rings is 2. The molecule has 0 amide bonds. The standard InChI is InChI=1S/C22H20ClN3O3/c1-12-6-5-7-13(2)21(12)29-17-11-25(3)19(27)9-14(17)16-10-26(4)22(28)20-15(16)8-18(23)24-20/h5-11,24H,1-4H3. The lowest BCUT2D eigenvalue weighted by Gasteiger charge is -2.17. The fraction of sp³-hybridized carbons (Fsp3) is 0.182. The summed E-state index contributed by atoms with van der Waals surface area (Å²) in [5, 5.41) is 0.989. The lowest BCUT2D eigenvalue weighted by Crippen LogP contribution is -2.18. The second-order valence-electron chi connectivity index (χ2n) is 7.19. The lowest BCUT2D eigenvalue weighted by atomic mass is 10.0. The monoisotopic (exact) mass is 409 g/mol. The van der Waals surface area contributed by atoms with E-state index in [0.717, 1.165) is 16.9 Å². The molecule has 148 valence electrons. The highest BCUT2D eigenvalue weighted by Gasteiger charge is 2.18. The van der Waals surface area contributed by atoms with Gasteiger partial charge in [-0.25, -0.2) is 0 Å². The van der Waals surface area contributed by atoms with E-state index in [1.54, 1.807) is 32.6 Å². The Morgan fingerprint density at radius 3 is 2.34 bits per heavy atom. The van der Waals surface area contributed by atoms with Crippen LogP contribution in [-0.2, 0) is 14.1 Å². The molecule has 1 N–H and O–H groups in total. The number of halogens is 1. The smallest absolute Gasteiger partial charge is 0.274 e. The molecule has 4 aromatic rings. The maximum absolute atomic E-state index is 12.5. The zero-order chi connectivity index (χ0) is 20.9. The molecular weight excluding hydrogens is 390 g/mol. The predicted molar refractivity (Wildman–Crippen MR) is 115 cm³/mol. The van der Waals surface area contributed by atoms with Crippen molar-refractivity contribution in [2.75, 3.05) is 0 Å². The van der Waals surface area contributed by atoms with Gasteiger partial charge >= 0.3 is 0 Å². The molecule has 0 saturated heterocycles. The molecule has 0 fully saturated rings. The molecule has 3 heterocycles. The summed E-state index contributed by atoms with van der Waals surface area (Å²) >= 11 is 6.13. The van der Waals surface area contributed by atoms with Gasteiger partial charge in [0.15, 0.2) is 5.75 Å². The van der Waals surface area contributed by atoms with Crippen LogP contribution in [0.2, 0.25) is 5.15 Å². The van der Waals surface area contributed by atoms with Crippen molar-refractivity contribution in [1.29, 1.82) is 0 Å². The van der Waals surface area contributed by atoms with Crippen LogP contribution in [0.5, 0.6) is 11.5 Å². The number of fused-ring (bicyclic) bond motifs is 1. The lowest BCUT2D eigenvalue weighted by molar-refractivity contribution is 0.470. The number of benzene rings is 1. The van der Waals surface area contributed by atoms with Gasteiger partial charge in [0.1, 0.15) is 16.4 Å². The van der Waals surface area contributed by atoms with Crippen LogP contribution in [0.15, 0.2) is 52.3 Å². The molecule has 0 aliphatic carbocycles. The molecule has 0 bridgehead atoms. The van der Waals surface area contributed by atoms with Crippen molar-refractivity contribution in [2.24, 2.45) is 14.1 Å². The third-order valence-electron chi connectivity index (χ3n) is 5.03. The van der Waals surface area contributed by atoms with E-state index in [0.29, 0.717) is 32.9 Å².